The first-order valence-electron chi connectivity index (χ1n) is 3.23. The third-order valence-corrected chi connectivity index (χ3v) is 3.05. The highest BCUT2D eigenvalue weighted by molar-refractivity contribution is 9.10. The number of ether oxygens (including phenoxy) is 1. The summed E-state index contributed by atoms with van der Waals surface area (Å²) >= 11 is 4.91. The molecule has 0 saturated heterocycles. The normalized spacial score (nSPS) is 10.5. The fourth-order valence-corrected chi connectivity index (χ4v) is 2.03. The molecule has 0 aliphatic rings. The van der Waals surface area contributed by atoms with Crippen molar-refractivity contribution in [2.45, 2.75) is 0 Å². The Balaban J connectivity index is 2.69. The second kappa shape index (κ2) is 4.42. The van der Waals surface area contributed by atoms with Gasteiger partial charge in [0.25, 0.3) is 0 Å². The van der Waals surface area contributed by atoms with Gasteiger partial charge >= 0.3 is 5.97 Å². The van der Waals surface area contributed by atoms with Gasteiger partial charge in [0.05, 0.1) is 7.11 Å². The molecule has 0 unspecified atom stereocenters. The van der Waals surface area contributed by atoms with Crippen LogP contribution < -0.4 is 0 Å². The highest BCUT2D eigenvalue weighted by atomic mass is 79.9. The Labute approximate surface area is 83.0 Å². The van der Waals surface area contributed by atoms with E-state index >= 15 is 0 Å². The van der Waals surface area contributed by atoms with Gasteiger partial charge in [-0.15, -0.1) is 11.3 Å². The minimum atomic E-state index is -0.338. The van der Waals surface area contributed by atoms with Gasteiger partial charge in [-0.05, 0) is 33.5 Å². The summed E-state index contributed by atoms with van der Waals surface area (Å²) in [7, 11) is 1.36. The van der Waals surface area contributed by atoms with Crippen molar-refractivity contribution in [1.29, 1.82) is 0 Å². The summed E-state index contributed by atoms with van der Waals surface area (Å²) in [5.41, 5.74) is 0. The number of esters is 1. The molecular formula is C8H7BrO2S. The van der Waals surface area contributed by atoms with E-state index in [9.17, 15) is 4.79 Å². The van der Waals surface area contributed by atoms with Gasteiger partial charge in [-0.3, -0.25) is 0 Å². The van der Waals surface area contributed by atoms with Crippen LogP contribution in [0.3, 0.4) is 0 Å². The van der Waals surface area contributed by atoms with Gasteiger partial charge in [-0.2, -0.15) is 0 Å². The Morgan fingerprint density at radius 2 is 2.50 bits per heavy atom. The van der Waals surface area contributed by atoms with Crippen LogP contribution in [0.4, 0.5) is 0 Å². The number of hydrogen-bond acceptors (Lipinski definition) is 3. The first-order valence-corrected chi connectivity index (χ1v) is 4.90. The number of methoxy groups -OCH3 is 1. The van der Waals surface area contributed by atoms with E-state index in [4.69, 9.17) is 0 Å². The van der Waals surface area contributed by atoms with E-state index in [1.54, 1.807) is 17.4 Å². The molecule has 0 fully saturated rings. The number of hydrogen-bond donors (Lipinski definition) is 0. The predicted octanol–water partition coefficient (Wildman–Crippen LogP) is 2.70. The number of rotatable bonds is 2. The van der Waals surface area contributed by atoms with Gasteiger partial charge < -0.3 is 4.74 Å². The van der Waals surface area contributed by atoms with Crippen molar-refractivity contribution in [2.24, 2.45) is 0 Å². The molecule has 1 heterocycles. The van der Waals surface area contributed by atoms with Crippen LogP contribution in [0.5, 0.6) is 0 Å². The van der Waals surface area contributed by atoms with Gasteiger partial charge in [0.15, 0.2) is 0 Å². The Morgan fingerprint density at radius 3 is 3.00 bits per heavy atom. The minimum Gasteiger partial charge on any atom is -0.466 e. The van der Waals surface area contributed by atoms with E-state index < -0.39 is 0 Å². The van der Waals surface area contributed by atoms with E-state index in [0.717, 1.165) is 9.35 Å². The van der Waals surface area contributed by atoms with Crippen LogP contribution >= 0.6 is 27.3 Å². The molecule has 1 aromatic rings. The van der Waals surface area contributed by atoms with E-state index in [2.05, 4.69) is 20.7 Å². The van der Waals surface area contributed by atoms with Crippen molar-refractivity contribution in [1.82, 2.24) is 0 Å². The van der Waals surface area contributed by atoms with Gasteiger partial charge in [0, 0.05) is 15.4 Å². The van der Waals surface area contributed by atoms with Crippen LogP contribution in [0, 0.1) is 0 Å². The molecule has 12 heavy (non-hydrogen) atoms. The van der Waals surface area contributed by atoms with Crippen molar-refractivity contribution in [2.75, 3.05) is 7.11 Å². The van der Waals surface area contributed by atoms with Crippen molar-refractivity contribution in [3.63, 3.8) is 0 Å². The number of carbonyl (C=O) groups is 1. The largest absolute Gasteiger partial charge is 0.466 e. The zero-order valence-corrected chi connectivity index (χ0v) is 8.81. The Morgan fingerprint density at radius 1 is 1.75 bits per heavy atom. The highest BCUT2D eigenvalue weighted by Crippen LogP contribution is 2.23. The van der Waals surface area contributed by atoms with Crippen LogP contribution in [0.1, 0.15) is 4.88 Å². The van der Waals surface area contributed by atoms with Crippen molar-refractivity contribution >= 4 is 39.3 Å². The quantitative estimate of drug-likeness (QED) is 0.593. The lowest BCUT2D eigenvalue weighted by Crippen LogP contribution is -1.92. The third-order valence-electron chi connectivity index (χ3n) is 1.22. The molecular weight excluding hydrogens is 240 g/mol. The second-order valence-electron chi connectivity index (χ2n) is 1.99. The monoisotopic (exact) mass is 246 g/mol. The van der Waals surface area contributed by atoms with Gasteiger partial charge in [0.1, 0.15) is 0 Å². The Kier molecular flexibility index (Phi) is 3.49. The molecule has 0 aliphatic carbocycles. The average Bonchev–Trinajstić information content (AvgIpc) is 2.47. The van der Waals surface area contributed by atoms with Crippen molar-refractivity contribution < 1.29 is 9.53 Å². The lowest BCUT2D eigenvalue weighted by Gasteiger charge is -1.89. The zero-order chi connectivity index (χ0) is 8.97. The first-order chi connectivity index (χ1) is 5.74. The van der Waals surface area contributed by atoms with Crippen LogP contribution in [0.2, 0.25) is 0 Å². The molecule has 0 N–H and O–H groups in total. The average molecular weight is 247 g/mol. The van der Waals surface area contributed by atoms with Crippen LogP contribution in [-0.4, -0.2) is 13.1 Å². The maximum atomic E-state index is 10.7. The van der Waals surface area contributed by atoms with E-state index in [0.29, 0.717) is 0 Å². The molecule has 0 aromatic carbocycles. The number of carbonyl (C=O) groups excluding carboxylic acids is 1. The lowest BCUT2D eigenvalue weighted by atomic mass is 10.4. The van der Waals surface area contributed by atoms with Gasteiger partial charge in [0.2, 0.25) is 0 Å². The molecule has 0 atom stereocenters. The number of thiophene rings is 1. The second-order valence-corrected chi connectivity index (χ2v) is 3.79. The SMILES string of the molecule is COC(=O)C=Cc1sccc1Br. The fraction of sp³-hybridized carbons (Fsp3) is 0.125. The maximum Gasteiger partial charge on any atom is 0.330 e. The first kappa shape index (κ1) is 9.48. The summed E-state index contributed by atoms with van der Waals surface area (Å²) < 4.78 is 5.45. The summed E-state index contributed by atoms with van der Waals surface area (Å²) in [6.07, 6.45) is 3.12. The smallest absolute Gasteiger partial charge is 0.330 e. The minimum absolute atomic E-state index is 0.338. The highest BCUT2D eigenvalue weighted by Gasteiger charge is 1.97. The molecule has 0 amide bonds. The summed E-state index contributed by atoms with van der Waals surface area (Å²) in [5, 5.41) is 1.95. The standard InChI is InChI=1S/C8H7BrO2S/c1-11-8(10)3-2-7-6(9)4-5-12-7/h2-5H,1H3. The Bertz CT molecular complexity index is 304. The van der Waals surface area contributed by atoms with Crippen LogP contribution in [0.25, 0.3) is 6.08 Å². The molecule has 0 bridgehead atoms. The third kappa shape index (κ3) is 2.46. The predicted molar refractivity (Wildman–Crippen MR) is 53.1 cm³/mol. The molecule has 0 saturated carbocycles. The molecule has 1 rings (SSSR count). The summed E-state index contributed by atoms with van der Waals surface area (Å²) in [6, 6.07) is 1.93. The van der Waals surface area contributed by atoms with Crippen molar-refractivity contribution in [3.05, 3.63) is 26.9 Å². The van der Waals surface area contributed by atoms with E-state index in [1.807, 2.05) is 11.4 Å². The number of halogens is 1. The lowest BCUT2D eigenvalue weighted by molar-refractivity contribution is -0.134. The molecule has 0 radical (unpaired) electrons. The van der Waals surface area contributed by atoms with Crippen molar-refractivity contribution in [3.8, 4) is 0 Å². The van der Waals surface area contributed by atoms with E-state index in [-0.39, 0.29) is 5.97 Å². The summed E-state index contributed by atoms with van der Waals surface area (Å²) in [4.78, 5) is 11.7. The molecule has 4 heteroatoms. The molecule has 0 aliphatic heterocycles. The maximum absolute atomic E-state index is 10.7. The van der Waals surface area contributed by atoms with Gasteiger partial charge in [-0.1, -0.05) is 0 Å². The molecule has 2 nitrogen and oxygen atoms in total. The van der Waals surface area contributed by atoms with E-state index in [1.165, 1.54) is 13.2 Å². The zero-order valence-electron chi connectivity index (χ0n) is 6.41. The Hall–Kier alpha value is -0.610. The van der Waals surface area contributed by atoms with Crippen LogP contribution in [-0.2, 0) is 9.53 Å². The molecule has 64 valence electrons. The molecule has 1 aromatic heterocycles. The summed E-state index contributed by atoms with van der Waals surface area (Å²) in [6.45, 7) is 0. The fourth-order valence-electron chi connectivity index (χ4n) is 0.636. The van der Waals surface area contributed by atoms with Gasteiger partial charge in [-0.25, -0.2) is 4.79 Å². The molecule has 0 spiro atoms. The summed E-state index contributed by atoms with van der Waals surface area (Å²) in [5.74, 6) is -0.338. The topological polar surface area (TPSA) is 26.3 Å². The van der Waals surface area contributed by atoms with Crippen LogP contribution in [0.15, 0.2) is 22.0 Å².